The predicted octanol–water partition coefficient (Wildman–Crippen LogP) is 3.97. The van der Waals surface area contributed by atoms with E-state index in [4.69, 9.17) is 11.6 Å². The van der Waals surface area contributed by atoms with Crippen LogP contribution < -0.4 is 5.32 Å². The summed E-state index contributed by atoms with van der Waals surface area (Å²) in [6.45, 7) is 6.41. The van der Waals surface area contributed by atoms with Gasteiger partial charge in [-0.3, -0.25) is 9.59 Å². The van der Waals surface area contributed by atoms with Crippen LogP contribution in [0.15, 0.2) is 23.1 Å². The fraction of sp³-hybridized carbons (Fsp3) is 0.556. The van der Waals surface area contributed by atoms with E-state index in [0.717, 1.165) is 17.7 Å². The third-order valence-electron chi connectivity index (χ3n) is 3.97. The van der Waals surface area contributed by atoms with Gasteiger partial charge in [-0.25, -0.2) is 0 Å². The van der Waals surface area contributed by atoms with Crippen molar-refractivity contribution in [2.75, 3.05) is 12.8 Å². The molecule has 4 nitrogen and oxygen atoms in total. The van der Waals surface area contributed by atoms with Gasteiger partial charge in [0.25, 0.3) is 5.91 Å². The van der Waals surface area contributed by atoms with Crippen molar-refractivity contribution in [3.05, 3.63) is 28.8 Å². The molecule has 2 rings (SSSR count). The number of nitrogens with one attached hydrogen (secondary N) is 1. The topological polar surface area (TPSA) is 49.4 Å². The van der Waals surface area contributed by atoms with Gasteiger partial charge in [-0.05, 0) is 64.5 Å². The summed E-state index contributed by atoms with van der Waals surface area (Å²) in [5.41, 5.74) is 0.151. The van der Waals surface area contributed by atoms with Gasteiger partial charge < -0.3 is 10.2 Å². The molecule has 0 spiro atoms. The van der Waals surface area contributed by atoms with Crippen molar-refractivity contribution < 1.29 is 9.59 Å². The number of hydrogen-bond donors (Lipinski definition) is 1. The van der Waals surface area contributed by atoms with Crippen molar-refractivity contribution in [1.82, 2.24) is 10.2 Å². The Hall–Kier alpha value is -1.20. The minimum atomic E-state index is -0.431. The molecule has 1 fully saturated rings. The van der Waals surface area contributed by atoms with E-state index < -0.39 is 6.04 Å². The number of likely N-dealkylation sites (tertiary alicyclic amines) is 1. The van der Waals surface area contributed by atoms with E-state index in [0.29, 0.717) is 23.6 Å². The van der Waals surface area contributed by atoms with Gasteiger partial charge in [0.1, 0.15) is 6.04 Å². The van der Waals surface area contributed by atoms with Gasteiger partial charge in [-0.15, -0.1) is 11.8 Å². The molecule has 0 bridgehead atoms. The number of benzene rings is 1. The van der Waals surface area contributed by atoms with Crippen molar-refractivity contribution >= 4 is 35.2 Å². The van der Waals surface area contributed by atoms with Crippen LogP contribution in [0.25, 0.3) is 0 Å². The van der Waals surface area contributed by atoms with E-state index in [2.05, 4.69) is 5.32 Å². The summed E-state index contributed by atoms with van der Waals surface area (Å²) >= 11 is 7.81. The minimum Gasteiger partial charge on any atom is -0.350 e. The number of nitrogens with zero attached hydrogens (tertiary/aromatic N) is 1. The van der Waals surface area contributed by atoms with Crippen LogP contribution in [0.5, 0.6) is 0 Å². The van der Waals surface area contributed by atoms with Crippen LogP contribution in [0.2, 0.25) is 5.02 Å². The number of piperidine rings is 1. The number of rotatable bonds is 3. The molecule has 1 N–H and O–H groups in total. The van der Waals surface area contributed by atoms with Crippen LogP contribution in [0.1, 0.15) is 50.4 Å². The molecule has 1 saturated heterocycles. The van der Waals surface area contributed by atoms with Gasteiger partial charge in [-0.2, -0.15) is 0 Å². The molecule has 1 aliphatic rings. The van der Waals surface area contributed by atoms with E-state index in [-0.39, 0.29) is 17.4 Å². The van der Waals surface area contributed by atoms with Gasteiger partial charge in [0.05, 0.1) is 10.6 Å². The first-order valence-corrected chi connectivity index (χ1v) is 9.80. The van der Waals surface area contributed by atoms with Crippen LogP contribution in [-0.4, -0.2) is 41.1 Å². The zero-order valence-corrected chi connectivity index (χ0v) is 16.3. The molecular weight excluding hydrogens is 344 g/mol. The fourth-order valence-electron chi connectivity index (χ4n) is 2.85. The average molecular weight is 369 g/mol. The molecule has 1 aliphatic heterocycles. The molecule has 0 unspecified atom stereocenters. The molecule has 0 aromatic heterocycles. The fourth-order valence-corrected chi connectivity index (χ4v) is 3.49. The highest BCUT2D eigenvalue weighted by Gasteiger charge is 2.34. The Bertz CT molecular complexity index is 628. The Morgan fingerprint density at radius 2 is 2.00 bits per heavy atom. The first kappa shape index (κ1) is 19.1. The smallest absolute Gasteiger partial charge is 0.256 e. The Kier molecular flexibility index (Phi) is 6.21. The Labute approximate surface area is 153 Å². The largest absolute Gasteiger partial charge is 0.350 e. The Morgan fingerprint density at radius 3 is 2.62 bits per heavy atom. The maximum Gasteiger partial charge on any atom is 0.256 e. The van der Waals surface area contributed by atoms with Gasteiger partial charge >= 0.3 is 0 Å². The van der Waals surface area contributed by atoms with Crippen LogP contribution >= 0.6 is 23.4 Å². The lowest BCUT2D eigenvalue weighted by Crippen LogP contribution is -2.55. The second-order valence-electron chi connectivity index (χ2n) is 7.10. The van der Waals surface area contributed by atoms with Gasteiger partial charge in [0.2, 0.25) is 5.91 Å². The van der Waals surface area contributed by atoms with Gasteiger partial charge in [0, 0.05) is 17.0 Å². The van der Waals surface area contributed by atoms with Crippen LogP contribution in [-0.2, 0) is 4.79 Å². The first-order chi connectivity index (χ1) is 11.2. The molecule has 2 amide bonds. The molecule has 1 heterocycles. The highest BCUT2D eigenvalue weighted by atomic mass is 35.5. The quantitative estimate of drug-likeness (QED) is 0.821. The normalized spacial score (nSPS) is 18.4. The molecule has 0 aliphatic carbocycles. The number of halogens is 1. The maximum atomic E-state index is 13.0. The third kappa shape index (κ3) is 4.67. The lowest BCUT2D eigenvalue weighted by Gasteiger charge is -2.36. The monoisotopic (exact) mass is 368 g/mol. The molecule has 1 aromatic carbocycles. The van der Waals surface area contributed by atoms with Gasteiger partial charge in [0.15, 0.2) is 0 Å². The SMILES string of the molecule is CSc1ccc(Cl)c(C(=O)N2CCCC[C@H]2C(=O)NC(C)(C)C)c1. The molecule has 6 heteroatoms. The van der Waals surface area contributed by atoms with E-state index in [1.165, 1.54) is 0 Å². The molecule has 24 heavy (non-hydrogen) atoms. The zero-order chi connectivity index (χ0) is 17.9. The standard InChI is InChI=1S/C18H25ClN2O2S/c1-18(2,3)20-16(22)15-7-5-6-10-21(15)17(23)13-11-12(24-4)8-9-14(13)19/h8-9,11,15H,5-7,10H2,1-4H3,(H,20,22)/t15-/m0/s1. The summed E-state index contributed by atoms with van der Waals surface area (Å²) in [6.07, 6.45) is 4.50. The van der Waals surface area contributed by atoms with Crippen molar-refractivity contribution in [1.29, 1.82) is 0 Å². The second-order valence-corrected chi connectivity index (χ2v) is 8.38. The maximum absolute atomic E-state index is 13.0. The molecule has 1 atom stereocenters. The Balaban J connectivity index is 2.27. The summed E-state index contributed by atoms with van der Waals surface area (Å²) in [6, 6.07) is 5.01. The average Bonchev–Trinajstić information content (AvgIpc) is 2.53. The van der Waals surface area contributed by atoms with E-state index in [1.54, 1.807) is 22.7 Å². The highest BCUT2D eigenvalue weighted by molar-refractivity contribution is 7.98. The van der Waals surface area contributed by atoms with E-state index in [1.807, 2.05) is 39.2 Å². The van der Waals surface area contributed by atoms with Crippen molar-refractivity contribution in [3.8, 4) is 0 Å². The summed E-state index contributed by atoms with van der Waals surface area (Å²) < 4.78 is 0. The molecular formula is C18H25ClN2O2S. The number of thioether (sulfide) groups is 1. The van der Waals surface area contributed by atoms with Gasteiger partial charge in [-0.1, -0.05) is 11.6 Å². The zero-order valence-electron chi connectivity index (χ0n) is 14.7. The van der Waals surface area contributed by atoms with Crippen LogP contribution in [0.4, 0.5) is 0 Å². The summed E-state index contributed by atoms with van der Waals surface area (Å²) in [5.74, 6) is -0.252. The van der Waals surface area contributed by atoms with Crippen molar-refractivity contribution in [2.24, 2.45) is 0 Å². The summed E-state index contributed by atoms with van der Waals surface area (Å²) in [5, 5.41) is 3.42. The number of carbonyl (C=O) groups is 2. The lowest BCUT2D eigenvalue weighted by molar-refractivity contribution is -0.128. The second kappa shape index (κ2) is 7.79. The number of carbonyl (C=O) groups excluding carboxylic acids is 2. The minimum absolute atomic E-state index is 0.0901. The molecule has 0 radical (unpaired) electrons. The first-order valence-electron chi connectivity index (χ1n) is 8.19. The number of amides is 2. The highest BCUT2D eigenvalue weighted by Crippen LogP contribution is 2.27. The summed E-state index contributed by atoms with van der Waals surface area (Å²) in [4.78, 5) is 28.3. The molecule has 1 aromatic rings. The van der Waals surface area contributed by atoms with E-state index >= 15 is 0 Å². The Morgan fingerprint density at radius 1 is 1.29 bits per heavy atom. The number of hydrogen-bond acceptors (Lipinski definition) is 3. The van der Waals surface area contributed by atoms with Crippen molar-refractivity contribution in [3.63, 3.8) is 0 Å². The van der Waals surface area contributed by atoms with Crippen LogP contribution in [0, 0.1) is 0 Å². The van der Waals surface area contributed by atoms with Crippen LogP contribution in [0.3, 0.4) is 0 Å². The lowest BCUT2D eigenvalue weighted by atomic mass is 9.98. The van der Waals surface area contributed by atoms with Crippen molar-refractivity contribution in [2.45, 2.75) is 56.5 Å². The predicted molar refractivity (Wildman–Crippen MR) is 99.8 cm³/mol. The molecule has 132 valence electrons. The van der Waals surface area contributed by atoms with E-state index in [9.17, 15) is 9.59 Å². The molecule has 0 saturated carbocycles. The third-order valence-corrected chi connectivity index (χ3v) is 5.02. The summed E-state index contributed by atoms with van der Waals surface area (Å²) in [7, 11) is 0.